The number of aldehydes is 1. The summed E-state index contributed by atoms with van der Waals surface area (Å²) in [5, 5.41) is 0. The number of fused-ring (bicyclic) bond motifs is 3. The van der Waals surface area contributed by atoms with Crippen molar-refractivity contribution in [3.05, 3.63) is 101 Å². The van der Waals surface area contributed by atoms with E-state index in [2.05, 4.69) is 0 Å². The van der Waals surface area contributed by atoms with Crippen LogP contribution in [-0.4, -0.2) is 48.7 Å². The van der Waals surface area contributed by atoms with Crippen molar-refractivity contribution in [3.8, 4) is 11.5 Å². The summed E-state index contributed by atoms with van der Waals surface area (Å²) in [6.45, 7) is -0.000699. The van der Waals surface area contributed by atoms with Crippen LogP contribution in [-0.2, 0) is 33.4 Å². The Morgan fingerprint density at radius 2 is 1.57 bits per heavy atom. The number of hydrogen-bond acceptors (Lipinski definition) is 10. The number of carbonyl (C=O) groups is 6. The van der Waals surface area contributed by atoms with Crippen LogP contribution in [0, 0.1) is 17.7 Å². The molecule has 0 saturated carbocycles. The summed E-state index contributed by atoms with van der Waals surface area (Å²) in [7, 11) is 0. The van der Waals surface area contributed by atoms with Crippen molar-refractivity contribution in [1.82, 2.24) is 0 Å². The fraction of sp³-hybridized carbons (Fsp3) is 0.257. The molecule has 5 unspecified atom stereocenters. The molecule has 0 N–H and O–H groups in total. The summed E-state index contributed by atoms with van der Waals surface area (Å²) in [6.07, 6.45) is 3.04. The molecule has 234 valence electrons. The fourth-order valence-electron chi connectivity index (χ4n) is 6.12. The maximum atomic E-state index is 13.1. The Morgan fingerprint density at radius 1 is 0.848 bits per heavy atom. The maximum absolute atomic E-state index is 13.1. The Morgan fingerprint density at radius 3 is 2.26 bits per heavy atom. The Kier molecular flexibility index (Phi) is 8.56. The highest BCUT2D eigenvalue weighted by molar-refractivity contribution is 6.06. The zero-order valence-corrected chi connectivity index (χ0v) is 24.3. The molecule has 5 atom stereocenters. The first-order valence-corrected chi connectivity index (χ1v) is 14.6. The number of carbonyl (C=O) groups excluding carboxylic acids is 6. The largest absolute Gasteiger partial charge is 0.490 e. The van der Waals surface area contributed by atoms with Gasteiger partial charge >= 0.3 is 23.9 Å². The van der Waals surface area contributed by atoms with Gasteiger partial charge in [-0.2, -0.15) is 0 Å². The van der Waals surface area contributed by atoms with Gasteiger partial charge in [-0.05, 0) is 83.6 Å². The van der Waals surface area contributed by atoms with Crippen molar-refractivity contribution in [3.63, 3.8) is 0 Å². The normalized spacial score (nSPS) is 22.5. The van der Waals surface area contributed by atoms with Crippen LogP contribution in [0.1, 0.15) is 58.1 Å². The predicted molar refractivity (Wildman–Crippen MR) is 157 cm³/mol. The van der Waals surface area contributed by atoms with Gasteiger partial charge in [0.2, 0.25) is 0 Å². The van der Waals surface area contributed by atoms with Crippen molar-refractivity contribution in [1.29, 1.82) is 0 Å². The van der Waals surface area contributed by atoms with Crippen molar-refractivity contribution >= 4 is 42.0 Å². The molecule has 2 fully saturated rings. The van der Waals surface area contributed by atoms with Crippen LogP contribution >= 0.6 is 0 Å². The highest BCUT2D eigenvalue weighted by atomic mass is 19.1. The summed E-state index contributed by atoms with van der Waals surface area (Å²) >= 11 is 0. The summed E-state index contributed by atoms with van der Waals surface area (Å²) in [4.78, 5) is 73.2. The highest BCUT2D eigenvalue weighted by Crippen LogP contribution is 2.51. The second-order valence-electron chi connectivity index (χ2n) is 11.3. The Bertz CT molecular complexity index is 1740. The molecule has 6 rings (SSSR count). The second-order valence-corrected chi connectivity index (χ2v) is 11.3. The minimum atomic E-state index is -0.880. The Hall–Kier alpha value is -5.45. The number of hydrogen-bond donors (Lipinski definition) is 0. The molecule has 3 aliphatic rings. The average molecular weight is 627 g/mol. The number of ketones is 1. The molecule has 2 aliphatic heterocycles. The zero-order chi connectivity index (χ0) is 32.4. The molecular formula is C35H27FO10. The Labute approximate surface area is 262 Å². The van der Waals surface area contributed by atoms with Gasteiger partial charge in [0.1, 0.15) is 36.3 Å². The SMILES string of the molecule is O=CCC(COc1ccc(/C=C/C(=O)c2ccc(F)cc2)cc1)Oc1ccc2c(c1)C1C(=O)OC(=O)C1CC2C1CC(=O)OC1=O. The smallest absolute Gasteiger partial charge is 0.321 e. The van der Waals surface area contributed by atoms with Crippen molar-refractivity contribution in [2.45, 2.75) is 37.2 Å². The first kappa shape index (κ1) is 30.6. The minimum absolute atomic E-state index is 0.000699. The lowest BCUT2D eigenvalue weighted by molar-refractivity contribution is -0.155. The van der Waals surface area contributed by atoms with E-state index in [0.29, 0.717) is 34.5 Å². The lowest BCUT2D eigenvalue weighted by Gasteiger charge is -2.33. The average Bonchev–Trinajstić information content (AvgIpc) is 3.54. The van der Waals surface area contributed by atoms with E-state index in [4.69, 9.17) is 18.9 Å². The summed E-state index contributed by atoms with van der Waals surface area (Å²) in [6, 6.07) is 17.1. The standard InChI is InChI=1S/C35H27FO10/c36-21-6-4-20(5-7-21)30(38)12-3-19-1-8-22(9-2-19)43-18-24(13-14-37)44-23-10-11-25-26(28-17-31(39)45-33(28)40)16-29-32(27(25)15-23)35(42)46-34(29)41/h1-12,14-15,24,26,28-29,32H,13,16-18H2/b12-3+. The lowest BCUT2D eigenvalue weighted by atomic mass is 9.67. The number of allylic oxidation sites excluding steroid dienone is 1. The molecule has 3 aromatic rings. The molecule has 0 amide bonds. The first-order chi connectivity index (χ1) is 22.2. The Balaban J connectivity index is 1.14. The predicted octanol–water partition coefficient (Wildman–Crippen LogP) is 4.50. The maximum Gasteiger partial charge on any atom is 0.321 e. The fourth-order valence-corrected chi connectivity index (χ4v) is 6.12. The van der Waals surface area contributed by atoms with Crippen LogP contribution in [0.25, 0.3) is 6.08 Å². The number of halogens is 1. The van der Waals surface area contributed by atoms with Gasteiger partial charge in [0.15, 0.2) is 5.78 Å². The van der Waals surface area contributed by atoms with Gasteiger partial charge in [0.25, 0.3) is 0 Å². The number of cyclic esters (lactones) is 4. The molecule has 0 bridgehead atoms. The lowest BCUT2D eigenvalue weighted by Crippen LogP contribution is -2.31. The quantitative estimate of drug-likeness (QED) is 0.0983. The number of benzene rings is 3. The topological polar surface area (TPSA) is 139 Å². The van der Waals surface area contributed by atoms with Crippen LogP contribution in [0.5, 0.6) is 11.5 Å². The van der Waals surface area contributed by atoms with E-state index in [0.717, 1.165) is 5.56 Å². The first-order valence-electron chi connectivity index (χ1n) is 14.6. The third-order valence-corrected chi connectivity index (χ3v) is 8.38. The van der Waals surface area contributed by atoms with Crippen LogP contribution < -0.4 is 9.47 Å². The minimum Gasteiger partial charge on any atom is -0.490 e. The van der Waals surface area contributed by atoms with E-state index in [9.17, 15) is 33.2 Å². The van der Waals surface area contributed by atoms with E-state index < -0.39 is 59.5 Å². The van der Waals surface area contributed by atoms with E-state index >= 15 is 0 Å². The van der Waals surface area contributed by atoms with E-state index in [-0.39, 0.29) is 31.7 Å². The third kappa shape index (κ3) is 6.35. The molecule has 1 aliphatic carbocycles. The van der Waals surface area contributed by atoms with E-state index in [1.54, 1.807) is 48.5 Å². The van der Waals surface area contributed by atoms with Crippen molar-refractivity contribution in [2.24, 2.45) is 11.8 Å². The van der Waals surface area contributed by atoms with Gasteiger partial charge in [-0.25, -0.2) is 4.39 Å². The van der Waals surface area contributed by atoms with Gasteiger partial charge in [-0.15, -0.1) is 0 Å². The summed E-state index contributed by atoms with van der Waals surface area (Å²) < 4.78 is 34.7. The number of esters is 4. The van der Waals surface area contributed by atoms with Gasteiger partial charge < -0.3 is 23.7 Å². The van der Waals surface area contributed by atoms with Crippen LogP contribution in [0.4, 0.5) is 4.39 Å². The molecule has 2 saturated heterocycles. The third-order valence-electron chi connectivity index (χ3n) is 8.38. The van der Waals surface area contributed by atoms with Crippen LogP contribution in [0.2, 0.25) is 0 Å². The number of ether oxygens (including phenoxy) is 4. The molecule has 3 aromatic carbocycles. The van der Waals surface area contributed by atoms with Crippen LogP contribution in [0.3, 0.4) is 0 Å². The molecule has 2 heterocycles. The van der Waals surface area contributed by atoms with Gasteiger partial charge in [-0.3, -0.25) is 24.0 Å². The summed E-state index contributed by atoms with van der Waals surface area (Å²) in [5.41, 5.74) is 2.19. The molecule has 10 nitrogen and oxygen atoms in total. The molecule has 11 heteroatoms. The summed E-state index contributed by atoms with van der Waals surface area (Å²) in [5.74, 6) is -5.56. The molecule has 46 heavy (non-hydrogen) atoms. The van der Waals surface area contributed by atoms with Gasteiger partial charge in [0, 0.05) is 12.0 Å². The second kappa shape index (κ2) is 12.9. The molecule has 0 radical (unpaired) electrons. The van der Waals surface area contributed by atoms with Crippen LogP contribution in [0.15, 0.2) is 72.8 Å². The van der Waals surface area contributed by atoms with Gasteiger partial charge in [-0.1, -0.05) is 24.3 Å². The zero-order valence-electron chi connectivity index (χ0n) is 24.3. The van der Waals surface area contributed by atoms with Gasteiger partial charge in [0.05, 0.1) is 24.2 Å². The van der Waals surface area contributed by atoms with E-state index in [1.807, 2.05) is 0 Å². The van der Waals surface area contributed by atoms with Crippen molar-refractivity contribution in [2.75, 3.05) is 6.61 Å². The van der Waals surface area contributed by atoms with Crippen molar-refractivity contribution < 1.29 is 52.1 Å². The monoisotopic (exact) mass is 626 g/mol. The van der Waals surface area contributed by atoms with E-state index in [1.165, 1.54) is 30.3 Å². The number of rotatable bonds is 11. The highest BCUT2D eigenvalue weighted by Gasteiger charge is 2.53. The molecular weight excluding hydrogens is 599 g/mol. The molecule has 0 aromatic heterocycles. The molecule has 0 spiro atoms.